The van der Waals surface area contributed by atoms with Crippen molar-refractivity contribution in [3.63, 3.8) is 0 Å². The number of hydrogen-bond acceptors (Lipinski definition) is 6. The Labute approximate surface area is 221 Å². The molecule has 0 saturated carbocycles. The largest absolute Gasteiger partial charge is 0.369 e. The van der Waals surface area contributed by atoms with Crippen LogP contribution in [0.25, 0.3) is 5.57 Å². The molecule has 2 aliphatic rings. The minimum atomic E-state index is -0.457. The number of benzene rings is 2. The Bertz CT molecular complexity index is 1380. The van der Waals surface area contributed by atoms with E-state index in [0.29, 0.717) is 43.2 Å². The van der Waals surface area contributed by atoms with Crippen LogP contribution in [-0.4, -0.2) is 61.9 Å². The number of nitrogens with zero attached hydrogens (tertiary/aromatic N) is 4. The number of aliphatic imine (C=N–C) groups is 2. The SMILES string of the molecule is C=CC(=O)Nc1cccc(C2=CC=C/C(=C/N=C)C2=Nc2ccc(N3CCN(CC(N)=O)CC3)cc2F)c1. The van der Waals surface area contributed by atoms with E-state index in [9.17, 15) is 9.59 Å². The van der Waals surface area contributed by atoms with Crippen LogP contribution < -0.4 is 16.0 Å². The van der Waals surface area contributed by atoms with Crippen molar-refractivity contribution in [2.24, 2.45) is 15.7 Å². The van der Waals surface area contributed by atoms with Gasteiger partial charge in [-0.05, 0) is 48.7 Å². The van der Waals surface area contributed by atoms with Gasteiger partial charge >= 0.3 is 0 Å². The topological polar surface area (TPSA) is 103 Å². The Morgan fingerprint density at radius 1 is 1.13 bits per heavy atom. The zero-order valence-corrected chi connectivity index (χ0v) is 20.9. The van der Waals surface area contributed by atoms with E-state index in [1.165, 1.54) is 12.1 Å². The van der Waals surface area contributed by atoms with Gasteiger partial charge in [-0.15, -0.1) is 0 Å². The van der Waals surface area contributed by atoms with Gasteiger partial charge in [0.1, 0.15) is 0 Å². The second kappa shape index (κ2) is 12.1. The normalized spacial score (nSPS) is 17.8. The second-order valence-corrected chi connectivity index (χ2v) is 8.81. The molecular formula is C29H29FN6O2. The van der Waals surface area contributed by atoms with E-state index in [-0.39, 0.29) is 24.0 Å². The van der Waals surface area contributed by atoms with Gasteiger partial charge in [0.15, 0.2) is 5.82 Å². The molecule has 0 radical (unpaired) electrons. The smallest absolute Gasteiger partial charge is 0.247 e. The van der Waals surface area contributed by atoms with Crippen molar-refractivity contribution in [2.75, 3.05) is 42.9 Å². The van der Waals surface area contributed by atoms with Gasteiger partial charge in [0, 0.05) is 54.9 Å². The Kier molecular flexibility index (Phi) is 8.40. The van der Waals surface area contributed by atoms with E-state index < -0.39 is 5.82 Å². The fourth-order valence-electron chi connectivity index (χ4n) is 4.37. The maximum absolute atomic E-state index is 15.3. The van der Waals surface area contributed by atoms with Gasteiger partial charge in [0.05, 0.1) is 17.9 Å². The Balaban J connectivity index is 1.63. The molecule has 9 heteroatoms. The number of hydrogen-bond donors (Lipinski definition) is 2. The molecule has 0 atom stereocenters. The van der Waals surface area contributed by atoms with E-state index in [1.807, 2.05) is 47.4 Å². The number of piperazine rings is 1. The van der Waals surface area contributed by atoms with E-state index in [2.05, 4.69) is 28.5 Å². The van der Waals surface area contributed by atoms with E-state index in [4.69, 9.17) is 10.7 Å². The predicted molar refractivity (Wildman–Crippen MR) is 151 cm³/mol. The minimum Gasteiger partial charge on any atom is -0.369 e. The fraction of sp³-hybridized carbons (Fsp3) is 0.172. The first-order valence-electron chi connectivity index (χ1n) is 12.1. The van der Waals surface area contributed by atoms with Crippen LogP contribution in [0.3, 0.4) is 0 Å². The predicted octanol–water partition coefficient (Wildman–Crippen LogP) is 3.87. The first-order valence-corrected chi connectivity index (χ1v) is 12.1. The van der Waals surface area contributed by atoms with Crippen LogP contribution in [0.1, 0.15) is 5.56 Å². The third kappa shape index (κ3) is 6.37. The van der Waals surface area contributed by atoms with Crippen LogP contribution >= 0.6 is 0 Å². The summed E-state index contributed by atoms with van der Waals surface area (Å²) in [4.78, 5) is 35.6. The summed E-state index contributed by atoms with van der Waals surface area (Å²) in [7, 11) is 0. The first kappa shape index (κ1) is 26.4. The third-order valence-electron chi connectivity index (χ3n) is 6.20. The molecule has 1 saturated heterocycles. The van der Waals surface area contributed by atoms with Gasteiger partial charge in [-0.3, -0.25) is 19.5 Å². The number of anilines is 2. The summed E-state index contributed by atoms with van der Waals surface area (Å²) < 4.78 is 15.3. The highest BCUT2D eigenvalue weighted by molar-refractivity contribution is 6.34. The zero-order valence-electron chi connectivity index (χ0n) is 20.9. The highest BCUT2D eigenvalue weighted by Gasteiger charge is 2.21. The molecule has 0 unspecified atom stereocenters. The third-order valence-corrected chi connectivity index (χ3v) is 6.20. The summed E-state index contributed by atoms with van der Waals surface area (Å²) in [6.07, 6.45) is 8.34. The molecule has 4 rings (SSSR count). The van der Waals surface area contributed by atoms with E-state index in [1.54, 1.807) is 18.3 Å². The molecule has 1 aliphatic heterocycles. The number of halogens is 1. The summed E-state index contributed by atoms with van der Waals surface area (Å²) in [5.74, 6) is -1.13. The number of allylic oxidation sites excluding steroid dienone is 5. The van der Waals surface area contributed by atoms with Crippen LogP contribution in [0, 0.1) is 5.82 Å². The maximum Gasteiger partial charge on any atom is 0.247 e. The molecule has 0 aromatic heterocycles. The van der Waals surface area contributed by atoms with Gasteiger partial charge in [-0.2, -0.15) is 0 Å². The zero-order chi connectivity index (χ0) is 27.1. The van der Waals surface area contributed by atoms with Gasteiger partial charge < -0.3 is 16.0 Å². The van der Waals surface area contributed by atoms with Crippen molar-refractivity contribution in [3.8, 4) is 0 Å². The lowest BCUT2D eigenvalue weighted by atomic mass is 9.91. The molecule has 0 spiro atoms. The Hall–Kier alpha value is -4.63. The molecule has 2 aromatic carbocycles. The Morgan fingerprint density at radius 3 is 2.61 bits per heavy atom. The molecule has 8 nitrogen and oxygen atoms in total. The Morgan fingerprint density at radius 2 is 1.92 bits per heavy atom. The summed E-state index contributed by atoms with van der Waals surface area (Å²) in [5.41, 5.74) is 9.55. The number of rotatable bonds is 8. The van der Waals surface area contributed by atoms with Crippen molar-refractivity contribution >= 4 is 46.9 Å². The summed E-state index contributed by atoms with van der Waals surface area (Å²) >= 11 is 0. The highest BCUT2D eigenvalue weighted by Crippen LogP contribution is 2.31. The van der Waals surface area contributed by atoms with Crippen molar-refractivity contribution in [1.82, 2.24) is 4.90 Å². The molecule has 2 aromatic rings. The van der Waals surface area contributed by atoms with Crippen LogP contribution in [0.2, 0.25) is 0 Å². The van der Waals surface area contributed by atoms with Gasteiger partial charge in [0.25, 0.3) is 0 Å². The summed E-state index contributed by atoms with van der Waals surface area (Å²) in [5, 5.41) is 2.75. The van der Waals surface area contributed by atoms with Gasteiger partial charge in [0.2, 0.25) is 11.8 Å². The fourth-order valence-corrected chi connectivity index (χ4v) is 4.37. The lowest BCUT2D eigenvalue weighted by Gasteiger charge is -2.35. The number of nitrogens with one attached hydrogen (secondary N) is 1. The number of primary amides is 1. The molecule has 2 amide bonds. The van der Waals surface area contributed by atoms with Crippen LogP contribution in [0.4, 0.5) is 21.5 Å². The molecule has 38 heavy (non-hydrogen) atoms. The highest BCUT2D eigenvalue weighted by atomic mass is 19.1. The van der Waals surface area contributed by atoms with E-state index in [0.717, 1.165) is 16.8 Å². The second-order valence-electron chi connectivity index (χ2n) is 8.81. The summed E-state index contributed by atoms with van der Waals surface area (Å²) in [6, 6.07) is 12.3. The number of carbonyl (C=O) groups is 2. The standard InChI is InChI=1S/C29H29FN6O2/c1-3-28(38)33-22-8-4-6-20(16-22)24-9-5-7-21(18-32-2)29(24)34-26-11-10-23(17-25(26)30)36-14-12-35(13-15-36)19-27(31)37/h3-11,16-18H,1-2,12-15,19H2,(H2,31,37)(H,33,38)/b21-18-,34-29?. The van der Waals surface area contributed by atoms with Crippen molar-refractivity contribution in [2.45, 2.75) is 0 Å². The molecular weight excluding hydrogens is 483 g/mol. The molecule has 194 valence electrons. The van der Waals surface area contributed by atoms with E-state index >= 15 is 4.39 Å². The summed E-state index contributed by atoms with van der Waals surface area (Å²) in [6.45, 7) is 9.92. The lowest BCUT2D eigenvalue weighted by molar-refractivity contribution is -0.119. The average Bonchev–Trinajstić information content (AvgIpc) is 2.91. The maximum atomic E-state index is 15.3. The molecule has 1 heterocycles. The molecule has 0 bridgehead atoms. The monoisotopic (exact) mass is 512 g/mol. The van der Waals surface area contributed by atoms with Crippen LogP contribution in [0.15, 0.2) is 95.1 Å². The van der Waals surface area contributed by atoms with Gasteiger partial charge in [-0.1, -0.05) is 36.9 Å². The molecule has 1 fully saturated rings. The first-order chi connectivity index (χ1) is 18.4. The average molecular weight is 513 g/mol. The van der Waals surface area contributed by atoms with Crippen LogP contribution in [0.5, 0.6) is 0 Å². The lowest BCUT2D eigenvalue weighted by Crippen LogP contribution is -2.48. The number of carbonyl (C=O) groups excluding carboxylic acids is 2. The number of nitrogens with two attached hydrogens (primary N) is 1. The number of amides is 2. The quantitative estimate of drug-likeness (QED) is 0.414. The minimum absolute atomic E-state index is 0.184. The van der Waals surface area contributed by atoms with Crippen molar-refractivity contribution < 1.29 is 14.0 Å². The molecule has 3 N–H and O–H groups in total. The van der Waals surface area contributed by atoms with Gasteiger partial charge in [-0.25, -0.2) is 9.38 Å². The van der Waals surface area contributed by atoms with Crippen LogP contribution in [-0.2, 0) is 9.59 Å². The van der Waals surface area contributed by atoms with Crippen molar-refractivity contribution in [3.05, 3.63) is 96.5 Å². The molecule has 1 aliphatic carbocycles. The van der Waals surface area contributed by atoms with Crippen molar-refractivity contribution in [1.29, 1.82) is 0 Å².